The van der Waals surface area contributed by atoms with E-state index >= 15 is 0 Å². The minimum absolute atomic E-state index is 0. The van der Waals surface area contributed by atoms with Gasteiger partial charge in [-0.15, -0.1) is 25.2 Å². The molecule has 0 saturated carbocycles. The van der Waals surface area contributed by atoms with E-state index in [1.807, 2.05) is 67.4 Å². The van der Waals surface area contributed by atoms with Gasteiger partial charge in [-0.25, -0.2) is 9.97 Å². The summed E-state index contributed by atoms with van der Waals surface area (Å²) in [5.74, 6) is 2.76. The van der Waals surface area contributed by atoms with E-state index in [4.69, 9.17) is 9.47 Å². The molecule has 5 aromatic rings. The Labute approximate surface area is 228 Å². The SMILES string of the molecule is [CH2-]CNC[CH-]COc1[c-]ccc2ncnc(Nc3ccc(Oc4ccc5c(c4)ncn5C)c(C)c3)c12.[Li+]. The largest absolute Gasteiger partial charge is 1.00 e. The van der Waals surface area contributed by atoms with Crippen LogP contribution in [0, 0.1) is 26.3 Å². The molecule has 0 atom stereocenters. The summed E-state index contributed by atoms with van der Waals surface area (Å²) in [5.41, 5.74) is 4.59. The number of benzene rings is 3. The van der Waals surface area contributed by atoms with Gasteiger partial charge in [-0.2, -0.15) is 6.07 Å². The van der Waals surface area contributed by atoms with Crippen molar-refractivity contribution >= 4 is 33.4 Å². The fraction of sp³-hybridized carbons (Fsp3) is 0.179. The molecule has 0 aliphatic heterocycles. The van der Waals surface area contributed by atoms with Crippen molar-refractivity contribution in [3.8, 4) is 17.2 Å². The molecule has 0 aliphatic rings. The van der Waals surface area contributed by atoms with E-state index in [0.29, 0.717) is 24.7 Å². The number of rotatable bonds is 10. The number of fused-ring (bicyclic) bond motifs is 2. The minimum Gasteiger partial charge on any atom is -0.550 e. The summed E-state index contributed by atoms with van der Waals surface area (Å²) >= 11 is 0. The van der Waals surface area contributed by atoms with Gasteiger partial charge in [0.25, 0.3) is 0 Å². The standard InChI is InChI=1S/C28H27N6O2.Li/c1-4-29-13-6-14-35-26-8-5-7-22-27(26)28(31-17-30-22)33-20-9-12-25(19(2)15-20)36-21-10-11-24-23(16-21)32-18-34(24)3;/h5-7,9-12,15-18,29H,1,4,13-14H2,2-3H3,(H,30,31,33);/q-3;+1. The van der Waals surface area contributed by atoms with Gasteiger partial charge in [0, 0.05) is 24.6 Å². The van der Waals surface area contributed by atoms with Gasteiger partial charge in [0.15, 0.2) is 0 Å². The molecular weight excluding hydrogens is 459 g/mol. The van der Waals surface area contributed by atoms with E-state index in [0.717, 1.165) is 51.2 Å². The first-order valence-corrected chi connectivity index (χ1v) is 11.7. The minimum atomic E-state index is 0. The van der Waals surface area contributed by atoms with Gasteiger partial charge in [-0.3, -0.25) is 11.4 Å². The van der Waals surface area contributed by atoms with Crippen molar-refractivity contribution in [2.75, 3.05) is 25.0 Å². The molecule has 0 amide bonds. The smallest absolute Gasteiger partial charge is 0.550 e. The van der Waals surface area contributed by atoms with Gasteiger partial charge >= 0.3 is 18.9 Å². The van der Waals surface area contributed by atoms with E-state index in [2.05, 4.69) is 38.6 Å². The topological polar surface area (TPSA) is 86.1 Å². The number of nitrogens with zero attached hydrogens (tertiary/aromatic N) is 4. The molecule has 0 saturated heterocycles. The summed E-state index contributed by atoms with van der Waals surface area (Å²) in [4.78, 5) is 13.3. The Kier molecular flexibility index (Phi) is 8.67. The second kappa shape index (κ2) is 12.1. The van der Waals surface area contributed by atoms with Gasteiger partial charge in [-0.05, 0) is 60.3 Å². The third kappa shape index (κ3) is 6.05. The second-order valence-corrected chi connectivity index (χ2v) is 8.31. The molecule has 0 fully saturated rings. The molecule has 2 N–H and O–H groups in total. The van der Waals surface area contributed by atoms with Crippen molar-refractivity contribution in [3.63, 3.8) is 0 Å². The fourth-order valence-corrected chi connectivity index (χ4v) is 3.92. The van der Waals surface area contributed by atoms with Gasteiger partial charge < -0.3 is 31.6 Å². The summed E-state index contributed by atoms with van der Waals surface area (Å²) in [7, 11) is 1.97. The monoisotopic (exact) mass is 486 g/mol. The van der Waals surface area contributed by atoms with Crippen LogP contribution >= 0.6 is 0 Å². The molecular formula is C28H27LiN6O2-2. The maximum absolute atomic E-state index is 6.15. The molecule has 2 heterocycles. The average Bonchev–Trinajstić information content (AvgIpc) is 3.25. The normalized spacial score (nSPS) is 10.9. The summed E-state index contributed by atoms with van der Waals surface area (Å²) in [6.45, 7) is 7.60. The van der Waals surface area contributed by atoms with Crippen LogP contribution in [0.4, 0.5) is 11.5 Å². The van der Waals surface area contributed by atoms with Gasteiger partial charge in [0.2, 0.25) is 0 Å². The number of ether oxygens (including phenoxy) is 2. The number of imidazole rings is 1. The Hall–Kier alpha value is -3.57. The zero-order valence-electron chi connectivity index (χ0n) is 21.3. The zero-order chi connectivity index (χ0) is 24.9. The number of aromatic nitrogens is 4. The van der Waals surface area contributed by atoms with Crippen LogP contribution in [0.1, 0.15) is 5.56 Å². The van der Waals surface area contributed by atoms with E-state index in [1.54, 1.807) is 12.4 Å². The van der Waals surface area contributed by atoms with E-state index in [-0.39, 0.29) is 18.9 Å². The van der Waals surface area contributed by atoms with Crippen LogP contribution < -0.4 is 39.0 Å². The van der Waals surface area contributed by atoms with Gasteiger partial charge in [-0.1, -0.05) is 0 Å². The zero-order valence-corrected chi connectivity index (χ0v) is 21.3. The Balaban J connectivity index is 0.00000320. The first kappa shape index (κ1) is 26.5. The molecule has 0 aliphatic carbocycles. The van der Waals surface area contributed by atoms with Crippen molar-refractivity contribution < 1.29 is 28.3 Å². The average molecular weight is 487 g/mol. The van der Waals surface area contributed by atoms with Crippen molar-refractivity contribution in [2.45, 2.75) is 6.92 Å². The number of hydrogen-bond donors (Lipinski definition) is 2. The molecule has 5 rings (SSSR count). The van der Waals surface area contributed by atoms with E-state index < -0.39 is 0 Å². The third-order valence-corrected chi connectivity index (χ3v) is 5.73. The molecule has 0 unspecified atom stereocenters. The van der Waals surface area contributed by atoms with Crippen molar-refractivity contribution in [1.29, 1.82) is 0 Å². The Morgan fingerprint density at radius 1 is 1.08 bits per heavy atom. The summed E-state index contributed by atoms with van der Waals surface area (Å²) in [6, 6.07) is 18.7. The number of hydrogen-bond acceptors (Lipinski definition) is 7. The van der Waals surface area contributed by atoms with E-state index in [1.165, 1.54) is 6.33 Å². The molecule has 8 nitrogen and oxygen atoms in total. The van der Waals surface area contributed by atoms with Crippen LogP contribution in [-0.2, 0) is 7.05 Å². The molecule has 0 bridgehead atoms. The van der Waals surface area contributed by atoms with E-state index in [9.17, 15) is 0 Å². The summed E-state index contributed by atoms with van der Waals surface area (Å²) < 4.78 is 14.1. The summed E-state index contributed by atoms with van der Waals surface area (Å²) in [5, 5.41) is 7.33. The number of anilines is 2. The van der Waals surface area contributed by atoms with Crippen LogP contribution in [0.15, 0.2) is 61.2 Å². The molecule has 37 heavy (non-hydrogen) atoms. The predicted octanol–water partition coefficient (Wildman–Crippen LogP) is 2.17. The van der Waals surface area contributed by atoms with Crippen molar-refractivity contribution in [3.05, 3.63) is 86.2 Å². The van der Waals surface area contributed by atoms with Gasteiger partial charge in [0.05, 0.1) is 23.2 Å². The molecule has 2 aromatic heterocycles. The second-order valence-electron chi connectivity index (χ2n) is 8.31. The molecule has 184 valence electrons. The van der Waals surface area contributed by atoms with Crippen LogP contribution in [0.25, 0.3) is 21.9 Å². The number of aryl methyl sites for hydroxylation is 2. The van der Waals surface area contributed by atoms with Crippen molar-refractivity contribution in [2.24, 2.45) is 7.05 Å². The quantitative estimate of drug-likeness (QED) is 0.178. The van der Waals surface area contributed by atoms with Crippen LogP contribution in [0.2, 0.25) is 0 Å². The van der Waals surface area contributed by atoms with Gasteiger partial charge in [0.1, 0.15) is 17.8 Å². The molecule has 9 heteroatoms. The van der Waals surface area contributed by atoms with Crippen LogP contribution in [0.5, 0.6) is 17.2 Å². The molecule has 3 aromatic carbocycles. The molecule has 0 radical (unpaired) electrons. The van der Waals surface area contributed by atoms with Crippen LogP contribution in [-0.4, -0.2) is 39.2 Å². The third-order valence-electron chi connectivity index (χ3n) is 5.73. The first-order valence-electron chi connectivity index (χ1n) is 11.7. The molecule has 0 spiro atoms. The maximum Gasteiger partial charge on any atom is 1.00 e. The first-order chi connectivity index (χ1) is 17.6. The number of nitrogens with one attached hydrogen (secondary N) is 2. The van der Waals surface area contributed by atoms with Crippen molar-refractivity contribution in [1.82, 2.24) is 24.8 Å². The Morgan fingerprint density at radius 2 is 1.97 bits per heavy atom. The Morgan fingerprint density at radius 3 is 2.81 bits per heavy atom. The Bertz CT molecular complexity index is 1500. The summed E-state index contributed by atoms with van der Waals surface area (Å²) in [6.07, 6.45) is 5.34. The maximum atomic E-state index is 6.15. The predicted molar refractivity (Wildman–Crippen MR) is 142 cm³/mol. The van der Waals surface area contributed by atoms with Crippen LogP contribution in [0.3, 0.4) is 0 Å². The fourth-order valence-electron chi connectivity index (χ4n) is 3.92.